The van der Waals surface area contributed by atoms with Crippen LogP contribution in [0.2, 0.25) is 0 Å². The number of benzene rings is 2. The molecule has 0 bridgehead atoms. The molecular formula is C22H24BrN5O3. The fourth-order valence-corrected chi connectivity index (χ4v) is 3.22. The molecule has 0 aliphatic heterocycles. The van der Waals surface area contributed by atoms with Gasteiger partial charge in [-0.05, 0) is 60.5 Å². The molecule has 0 unspecified atom stereocenters. The number of hydrogen-bond donors (Lipinski definition) is 2. The number of amides is 1. The predicted molar refractivity (Wildman–Crippen MR) is 125 cm³/mol. The number of carbonyl (C=O) groups excluding carboxylic acids is 1. The Morgan fingerprint density at radius 1 is 1.26 bits per heavy atom. The summed E-state index contributed by atoms with van der Waals surface area (Å²) in [5.41, 5.74) is 9.08. The average molecular weight is 486 g/mol. The number of anilines is 2. The number of imidazole rings is 1. The average Bonchev–Trinajstić information content (AvgIpc) is 3.05. The number of carbonyl (C=O) groups is 1. The SMILES string of the molecule is CCOc1cc(C=Nn2cc(C)nc2N)c(Br)cc1OCC(=O)Nc1ccccc1C. The summed E-state index contributed by atoms with van der Waals surface area (Å²) < 4.78 is 13.7. The molecule has 162 valence electrons. The molecule has 1 heterocycles. The van der Waals surface area contributed by atoms with E-state index in [1.807, 2.05) is 45.0 Å². The Morgan fingerprint density at radius 3 is 2.68 bits per heavy atom. The summed E-state index contributed by atoms with van der Waals surface area (Å²) in [6.45, 7) is 5.93. The molecule has 0 fully saturated rings. The molecule has 0 aliphatic carbocycles. The molecule has 1 aromatic heterocycles. The van der Waals surface area contributed by atoms with Crippen LogP contribution >= 0.6 is 15.9 Å². The molecule has 9 heteroatoms. The zero-order valence-corrected chi connectivity index (χ0v) is 19.1. The fourth-order valence-electron chi connectivity index (χ4n) is 2.79. The molecule has 8 nitrogen and oxygen atoms in total. The molecule has 3 aromatic rings. The van der Waals surface area contributed by atoms with Gasteiger partial charge in [-0.1, -0.05) is 18.2 Å². The first-order valence-corrected chi connectivity index (χ1v) is 10.5. The number of ether oxygens (including phenoxy) is 2. The number of nitrogens with one attached hydrogen (secondary N) is 1. The van der Waals surface area contributed by atoms with Gasteiger partial charge in [-0.3, -0.25) is 4.79 Å². The topological polar surface area (TPSA) is 104 Å². The van der Waals surface area contributed by atoms with E-state index in [0.717, 1.165) is 27.0 Å². The Bertz CT molecular complexity index is 1110. The van der Waals surface area contributed by atoms with Gasteiger partial charge in [0.05, 0.1) is 24.7 Å². The van der Waals surface area contributed by atoms with Crippen molar-refractivity contribution in [3.8, 4) is 11.5 Å². The van der Waals surface area contributed by atoms with Crippen LogP contribution in [0.25, 0.3) is 0 Å². The second-order valence-electron chi connectivity index (χ2n) is 6.73. The van der Waals surface area contributed by atoms with Crippen molar-refractivity contribution in [2.45, 2.75) is 20.8 Å². The van der Waals surface area contributed by atoms with Gasteiger partial charge in [0.1, 0.15) is 0 Å². The Morgan fingerprint density at radius 2 is 2.00 bits per heavy atom. The van der Waals surface area contributed by atoms with Crippen molar-refractivity contribution >= 4 is 39.7 Å². The van der Waals surface area contributed by atoms with E-state index in [4.69, 9.17) is 15.2 Å². The smallest absolute Gasteiger partial charge is 0.262 e. The third-order valence-corrected chi connectivity index (χ3v) is 4.98. The van der Waals surface area contributed by atoms with Gasteiger partial charge in [-0.2, -0.15) is 5.10 Å². The van der Waals surface area contributed by atoms with E-state index in [-0.39, 0.29) is 12.5 Å². The lowest BCUT2D eigenvalue weighted by Crippen LogP contribution is -2.21. The first kappa shape index (κ1) is 22.4. The number of rotatable bonds is 8. The maximum atomic E-state index is 12.3. The van der Waals surface area contributed by atoms with E-state index in [2.05, 4.69) is 31.3 Å². The van der Waals surface area contributed by atoms with Crippen molar-refractivity contribution in [1.82, 2.24) is 9.66 Å². The molecule has 0 saturated heterocycles. The van der Waals surface area contributed by atoms with E-state index in [0.29, 0.717) is 24.1 Å². The summed E-state index contributed by atoms with van der Waals surface area (Å²) in [7, 11) is 0. The van der Waals surface area contributed by atoms with Crippen molar-refractivity contribution < 1.29 is 14.3 Å². The molecule has 31 heavy (non-hydrogen) atoms. The number of nitrogens with two attached hydrogens (primary N) is 1. The van der Waals surface area contributed by atoms with Gasteiger partial charge in [-0.25, -0.2) is 9.66 Å². The van der Waals surface area contributed by atoms with Crippen LogP contribution in [-0.4, -0.2) is 35.0 Å². The number of nitrogen functional groups attached to an aromatic ring is 1. The van der Waals surface area contributed by atoms with E-state index in [1.54, 1.807) is 24.5 Å². The summed E-state index contributed by atoms with van der Waals surface area (Å²) >= 11 is 3.52. The Labute approximate surface area is 189 Å². The first-order chi connectivity index (χ1) is 14.9. The van der Waals surface area contributed by atoms with Crippen LogP contribution in [0.5, 0.6) is 11.5 Å². The Hall–Kier alpha value is -3.33. The standard InChI is InChI=1S/C22H24BrN5O3/c1-4-30-19-9-16(11-25-28-12-15(3)26-22(28)24)17(23)10-20(19)31-13-21(29)27-18-8-6-5-7-14(18)2/h5-12H,4,13H2,1-3H3,(H2,24,26)(H,27,29). The molecular weight excluding hydrogens is 462 g/mol. The Balaban J connectivity index is 1.74. The van der Waals surface area contributed by atoms with Gasteiger partial charge in [-0.15, -0.1) is 0 Å². The minimum absolute atomic E-state index is 0.154. The molecule has 0 spiro atoms. The van der Waals surface area contributed by atoms with E-state index < -0.39 is 0 Å². The van der Waals surface area contributed by atoms with Gasteiger partial charge in [0, 0.05) is 15.7 Å². The van der Waals surface area contributed by atoms with Crippen molar-refractivity contribution in [2.75, 3.05) is 24.3 Å². The van der Waals surface area contributed by atoms with Gasteiger partial charge in [0.15, 0.2) is 18.1 Å². The lowest BCUT2D eigenvalue weighted by atomic mass is 10.2. The van der Waals surface area contributed by atoms with Crippen molar-refractivity contribution in [1.29, 1.82) is 0 Å². The van der Waals surface area contributed by atoms with Crippen LogP contribution in [0.4, 0.5) is 11.6 Å². The second-order valence-corrected chi connectivity index (χ2v) is 7.59. The monoisotopic (exact) mass is 485 g/mol. The molecule has 2 aromatic carbocycles. The maximum absolute atomic E-state index is 12.3. The van der Waals surface area contributed by atoms with Crippen LogP contribution in [-0.2, 0) is 4.79 Å². The van der Waals surface area contributed by atoms with E-state index >= 15 is 0 Å². The normalized spacial score (nSPS) is 11.0. The molecule has 1 amide bonds. The number of aromatic nitrogens is 2. The van der Waals surface area contributed by atoms with Crippen LogP contribution in [0.3, 0.4) is 0 Å². The van der Waals surface area contributed by atoms with Gasteiger partial charge in [0.25, 0.3) is 5.91 Å². The molecule has 0 radical (unpaired) electrons. The van der Waals surface area contributed by atoms with Gasteiger partial charge < -0.3 is 20.5 Å². The molecule has 3 rings (SSSR count). The quantitative estimate of drug-likeness (QED) is 0.466. The van der Waals surface area contributed by atoms with E-state index in [1.165, 1.54) is 4.68 Å². The minimum atomic E-state index is -0.260. The highest BCUT2D eigenvalue weighted by molar-refractivity contribution is 9.10. The van der Waals surface area contributed by atoms with Gasteiger partial charge in [0.2, 0.25) is 5.95 Å². The van der Waals surface area contributed by atoms with Crippen molar-refractivity contribution in [2.24, 2.45) is 5.10 Å². The summed E-state index contributed by atoms with van der Waals surface area (Å²) in [4.78, 5) is 16.4. The van der Waals surface area contributed by atoms with Crippen LogP contribution in [0, 0.1) is 13.8 Å². The highest BCUT2D eigenvalue weighted by Crippen LogP contribution is 2.33. The first-order valence-electron chi connectivity index (χ1n) is 9.67. The number of aryl methyl sites for hydroxylation is 2. The van der Waals surface area contributed by atoms with Gasteiger partial charge >= 0.3 is 0 Å². The number of halogens is 1. The lowest BCUT2D eigenvalue weighted by Gasteiger charge is -2.14. The minimum Gasteiger partial charge on any atom is -0.490 e. The zero-order valence-electron chi connectivity index (χ0n) is 17.6. The summed E-state index contributed by atoms with van der Waals surface area (Å²) in [5.74, 6) is 0.994. The third kappa shape index (κ3) is 5.85. The number of hydrogen-bond acceptors (Lipinski definition) is 6. The highest BCUT2D eigenvalue weighted by atomic mass is 79.9. The molecule has 0 saturated carbocycles. The summed E-state index contributed by atoms with van der Waals surface area (Å²) in [6, 6.07) is 11.1. The molecule has 0 aliphatic rings. The summed E-state index contributed by atoms with van der Waals surface area (Å²) in [6.07, 6.45) is 3.37. The third-order valence-electron chi connectivity index (χ3n) is 4.30. The second kappa shape index (κ2) is 10.1. The van der Waals surface area contributed by atoms with Crippen molar-refractivity contribution in [3.05, 3.63) is 63.9 Å². The highest BCUT2D eigenvalue weighted by Gasteiger charge is 2.13. The van der Waals surface area contributed by atoms with E-state index in [9.17, 15) is 4.79 Å². The fraction of sp³-hybridized carbons (Fsp3) is 0.227. The predicted octanol–water partition coefficient (Wildman–Crippen LogP) is 4.14. The van der Waals surface area contributed by atoms with Crippen LogP contribution in [0.15, 0.2) is 52.2 Å². The van der Waals surface area contributed by atoms with Crippen LogP contribution < -0.4 is 20.5 Å². The lowest BCUT2D eigenvalue weighted by molar-refractivity contribution is -0.118. The molecule has 3 N–H and O–H groups in total. The Kier molecular flexibility index (Phi) is 7.30. The maximum Gasteiger partial charge on any atom is 0.262 e. The number of nitrogens with zero attached hydrogens (tertiary/aromatic N) is 3. The molecule has 0 atom stereocenters. The van der Waals surface area contributed by atoms with Crippen LogP contribution in [0.1, 0.15) is 23.7 Å². The van der Waals surface area contributed by atoms with Crippen molar-refractivity contribution in [3.63, 3.8) is 0 Å². The summed E-state index contributed by atoms with van der Waals surface area (Å²) in [5, 5.41) is 7.18. The number of para-hydroxylation sites is 1. The largest absolute Gasteiger partial charge is 0.490 e. The zero-order chi connectivity index (χ0) is 22.4.